The maximum absolute atomic E-state index is 13.2. The topological polar surface area (TPSA) is 60.4 Å². The van der Waals surface area contributed by atoms with Crippen molar-refractivity contribution in [2.75, 3.05) is 0 Å². The molecule has 4 aliphatic rings. The summed E-state index contributed by atoms with van der Waals surface area (Å²) in [5.41, 5.74) is 0.563. The Hall–Kier alpha value is -2.23. The van der Waals surface area contributed by atoms with Gasteiger partial charge >= 0.3 is 5.97 Å². The fraction of sp³-hybridized carbons (Fsp3) is 0.607. The zero-order valence-electron chi connectivity index (χ0n) is 19.5. The summed E-state index contributed by atoms with van der Waals surface area (Å²) in [4.78, 5) is 38.3. The Balaban J connectivity index is 1.47. The van der Waals surface area contributed by atoms with Gasteiger partial charge in [-0.3, -0.25) is 9.59 Å². The molecule has 3 fully saturated rings. The quantitative estimate of drug-likeness (QED) is 0.572. The monoisotopic (exact) mass is 434 g/mol. The second kappa shape index (κ2) is 7.40. The highest BCUT2D eigenvalue weighted by molar-refractivity contribution is 5.95. The highest BCUT2D eigenvalue weighted by Crippen LogP contribution is 2.68. The Morgan fingerprint density at radius 3 is 2.38 bits per heavy atom. The maximum atomic E-state index is 13.2. The van der Waals surface area contributed by atoms with Gasteiger partial charge in [0.1, 0.15) is 0 Å². The Bertz CT molecular complexity index is 994. The molecule has 0 spiro atoms. The van der Waals surface area contributed by atoms with Crippen LogP contribution in [0, 0.1) is 28.6 Å². The predicted octanol–water partition coefficient (Wildman–Crippen LogP) is 5.70. The average molecular weight is 435 g/mol. The zero-order valence-corrected chi connectivity index (χ0v) is 19.5. The van der Waals surface area contributed by atoms with E-state index in [9.17, 15) is 14.4 Å². The number of ketones is 2. The molecule has 0 heterocycles. The van der Waals surface area contributed by atoms with Crippen LogP contribution >= 0.6 is 0 Å². The molecular weight excluding hydrogens is 400 g/mol. The van der Waals surface area contributed by atoms with Crippen molar-refractivity contribution in [3.05, 3.63) is 47.5 Å². The normalized spacial score (nSPS) is 40.5. The average Bonchev–Trinajstić information content (AvgIpc) is 3.08. The Morgan fingerprint density at radius 2 is 1.66 bits per heavy atom. The molecular formula is C28H34O4. The summed E-state index contributed by atoms with van der Waals surface area (Å²) in [6.07, 6.45) is 9.03. The smallest absolute Gasteiger partial charge is 0.339 e. The van der Waals surface area contributed by atoms with Crippen molar-refractivity contribution < 1.29 is 19.1 Å². The second-order valence-electron chi connectivity index (χ2n) is 11.1. The molecule has 0 radical (unpaired) electrons. The molecule has 5 rings (SSSR count). The van der Waals surface area contributed by atoms with Gasteiger partial charge in [0, 0.05) is 11.8 Å². The molecule has 0 saturated heterocycles. The number of fused-ring (bicyclic) bond motifs is 5. The second-order valence-corrected chi connectivity index (χ2v) is 11.1. The van der Waals surface area contributed by atoms with Crippen LogP contribution in [0.15, 0.2) is 42.0 Å². The molecule has 0 aromatic heterocycles. The minimum absolute atomic E-state index is 0.0175. The van der Waals surface area contributed by atoms with Gasteiger partial charge in [0.2, 0.25) is 0 Å². The summed E-state index contributed by atoms with van der Waals surface area (Å²) < 4.78 is 6.20. The van der Waals surface area contributed by atoms with Crippen LogP contribution in [0.3, 0.4) is 0 Å². The third-order valence-corrected chi connectivity index (χ3v) is 9.93. The lowest BCUT2D eigenvalue weighted by molar-refractivity contribution is -0.161. The van der Waals surface area contributed by atoms with E-state index >= 15 is 0 Å². The van der Waals surface area contributed by atoms with Crippen molar-refractivity contribution in [2.45, 2.75) is 77.7 Å². The summed E-state index contributed by atoms with van der Waals surface area (Å²) in [5, 5.41) is 0. The number of hydrogen-bond donors (Lipinski definition) is 0. The molecule has 3 saturated carbocycles. The highest BCUT2D eigenvalue weighted by Gasteiger charge is 2.67. The molecule has 1 unspecified atom stereocenters. The van der Waals surface area contributed by atoms with E-state index in [4.69, 9.17) is 4.74 Å². The van der Waals surface area contributed by atoms with Gasteiger partial charge in [0.15, 0.2) is 17.2 Å². The van der Waals surface area contributed by atoms with Gasteiger partial charge in [-0.1, -0.05) is 37.6 Å². The minimum Gasteiger partial charge on any atom is -0.447 e. The fourth-order valence-electron chi connectivity index (χ4n) is 8.17. The molecule has 0 aliphatic heterocycles. The molecule has 4 nitrogen and oxygen atoms in total. The Kier molecular flexibility index (Phi) is 4.99. The first-order chi connectivity index (χ1) is 15.2. The number of hydrogen-bond acceptors (Lipinski definition) is 4. The largest absolute Gasteiger partial charge is 0.447 e. The summed E-state index contributed by atoms with van der Waals surface area (Å²) in [6.45, 7) is 6.18. The molecule has 0 amide bonds. The number of benzene rings is 1. The Labute approximate surface area is 190 Å². The van der Waals surface area contributed by atoms with E-state index in [1.807, 2.05) is 24.3 Å². The molecule has 0 N–H and O–H groups in total. The predicted molar refractivity (Wildman–Crippen MR) is 122 cm³/mol. The van der Waals surface area contributed by atoms with Crippen LogP contribution in [0.5, 0.6) is 0 Å². The fourth-order valence-corrected chi connectivity index (χ4v) is 8.17. The van der Waals surface area contributed by atoms with E-state index in [0.29, 0.717) is 36.2 Å². The van der Waals surface area contributed by atoms with Gasteiger partial charge in [-0.25, -0.2) is 4.79 Å². The number of esters is 1. The van der Waals surface area contributed by atoms with Crippen LogP contribution in [0.25, 0.3) is 0 Å². The third-order valence-electron chi connectivity index (χ3n) is 9.93. The number of allylic oxidation sites excluding steroid dienone is 1. The molecule has 6 atom stereocenters. The van der Waals surface area contributed by atoms with Crippen LogP contribution in [0.4, 0.5) is 0 Å². The van der Waals surface area contributed by atoms with Crippen molar-refractivity contribution in [1.82, 2.24) is 0 Å². The summed E-state index contributed by atoms with van der Waals surface area (Å²) >= 11 is 0. The lowest BCUT2D eigenvalue weighted by Crippen LogP contribution is -2.58. The van der Waals surface area contributed by atoms with E-state index in [2.05, 4.69) is 13.8 Å². The highest BCUT2D eigenvalue weighted by atomic mass is 16.6. The minimum atomic E-state index is -1.05. The maximum Gasteiger partial charge on any atom is 0.339 e. The number of ether oxygens (including phenoxy) is 1. The van der Waals surface area contributed by atoms with Crippen LogP contribution in [0.2, 0.25) is 0 Å². The molecule has 4 heteroatoms. The molecule has 32 heavy (non-hydrogen) atoms. The Morgan fingerprint density at radius 1 is 0.938 bits per heavy atom. The van der Waals surface area contributed by atoms with Gasteiger partial charge in [0.25, 0.3) is 0 Å². The summed E-state index contributed by atoms with van der Waals surface area (Å²) in [5.74, 6) is 1.29. The number of rotatable bonds is 3. The van der Waals surface area contributed by atoms with Gasteiger partial charge in [-0.2, -0.15) is 0 Å². The SMILES string of the molecule is CC(=O)C1(OC(=O)c2ccccc2)CC[C@H]2[C@@H]3CCC4=CC(=O)CC[C@]4(C)[C@H]3CC[C@@]21C. The van der Waals surface area contributed by atoms with Crippen molar-refractivity contribution in [2.24, 2.45) is 28.6 Å². The van der Waals surface area contributed by atoms with Gasteiger partial charge in [-0.05, 0) is 93.2 Å². The van der Waals surface area contributed by atoms with Crippen molar-refractivity contribution in [1.29, 1.82) is 0 Å². The molecule has 4 aliphatic carbocycles. The molecule has 170 valence electrons. The molecule has 0 bridgehead atoms. The van der Waals surface area contributed by atoms with Gasteiger partial charge in [0.05, 0.1) is 5.56 Å². The number of carbonyl (C=O) groups is 3. The van der Waals surface area contributed by atoms with Crippen molar-refractivity contribution in [3.8, 4) is 0 Å². The van der Waals surface area contributed by atoms with E-state index in [-0.39, 0.29) is 22.4 Å². The van der Waals surface area contributed by atoms with Crippen molar-refractivity contribution >= 4 is 17.5 Å². The van der Waals surface area contributed by atoms with Gasteiger partial charge < -0.3 is 4.74 Å². The first-order valence-corrected chi connectivity index (χ1v) is 12.2. The molecule has 1 aromatic rings. The standard InChI is InChI=1S/C28H34O4/c1-18(29)28(32-25(31)19-7-5-4-6-8-19)16-13-24-22-10-9-20-17-21(30)11-14-26(20,2)23(22)12-15-27(24,28)3/h4-8,17,22-24H,9-16H2,1-3H3/t22-,23+,24+,26+,27+,28?/m1/s1. The summed E-state index contributed by atoms with van der Waals surface area (Å²) in [6, 6.07) is 9.02. The first kappa shape index (κ1) is 21.6. The van der Waals surface area contributed by atoms with E-state index in [0.717, 1.165) is 38.5 Å². The van der Waals surface area contributed by atoms with Gasteiger partial charge in [-0.15, -0.1) is 0 Å². The van der Waals surface area contributed by atoms with Crippen LogP contribution in [-0.2, 0) is 14.3 Å². The van der Waals surface area contributed by atoms with Crippen LogP contribution in [0.1, 0.15) is 82.5 Å². The van der Waals surface area contributed by atoms with E-state index < -0.39 is 11.6 Å². The van der Waals surface area contributed by atoms with Crippen LogP contribution < -0.4 is 0 Å². The number of carbonyl (C=O) groups excluding carboxylic acids is 3. The zero-order chi connectivity index (χ0) is 22.7. The lowest BCUT2D eigenvalue weighted by Gasteiger charge is -2.59. The summed E-state index contributed by atoms with van der Waals surface area (Å²) in [7, 11) is 0. The third kappa shape index (κ3) is 2.90. The number of Topliss-reactive ketones (excluding diaryl/α,β-unsaturated/α-hetero) is 1. The van der Waals surface area contributed by atoms with Crippen molar-refractivity contribution in [3.63, 3.8) is 0 Å². The van der Waals surface area contributed by atoms with E-state index in [1.165, 1.54) is 5.57 Å². The first-order valence-electron chi connectivity index (χ1n) is 12.2. The lowest BCUT2D eigenvalue weighted by atomic mass is 9.46. The molecule has 1 aromatic carbocycles. The van der Waals surface area contributed by atoms with E-state index in [1.54, 1.807) is 19.1 Å². The van der Waals surface area contributed by atoms with Crippen LogP contribution in [-0.4, -0.2) is 23.1 Å².